The van der Waals surface area contributed by atoms with E-state index in [1.165, 1.54) is 11.1 Å². The van der Waals surface area contributed by atoms with Crippen molar-refractivity contribution in [3.05, 3.63) is 89.7 Å². The molecule has 0 aliphatic heterocycles. The van der Waals surface area contributed by atoms with E-state index >= 15 is 0 Å². The highest BCUT2D eigenvalue weighted by Crippen LogP contribution is 2.37. The number of hydrogen-bond donors (Lipinski definition) is 1. The second kappa shape index (κ2) is 4.73. The highest BCUT2D eigenvalue weighted by molar-refractivity contribution is 5.46. The summed E-state index contributed by atoms with van der Waals surface area (Å²) in [6.45, 7) is 2.23. The van der Waals surface area contributed by atoms with E-state index in [-0.39, 0.29) is 5.41 Å². The van der Waals surface area contributed by atoms with E-state index < -0.39 is 0 Å². The van der Waals surface area contributed by atoms with Gasteiger partial charge in [-0.3, -0.25) is 5.10 Å². The van der Waals surface area contributed by atoms with Gasteiger partial charge in [0.15, 0.2) is 0 Å². The topological polar surface area (TPSA) is 28.7 Å². The monoisotopic (exact) mass is 248 g/mol. The van der Waals surface area contributed by atoms with Crippen molar-refractivity contribution < 1.29 is 0 Å². The Hall–Kier alpha value is -2.35. The molecule has 0 bridgehead atoms. The Labute approximate surface area is 113 Å². The molecule has 0 spiro atoms. The van der Waals surface area contributed by atoms with Gasteiger partial charge in [-0.25, -0.2) is 0 Å². The number of benzene rings is 2. The molecule has 3 rings (SSSR count). The summed E-state index contributed by atoms with van der Waals surface area (Å²) in [6.07, 6.45) is 1.81. The third-order valence-corrected chi connectivity index (χ3v) is 3.74. The van der Waals surface area contributed by atoms with Crippen LogP contribution in [0.15, 0.2) is 72.9 Å². The molecule has 2 heteroatoms. The van der Waals surface area contributed by atoms with Crippen LogP contribution in [0.2, 0.25) is 0 Å². The smallest absolute Gasteiger partial charge is 0.0589 e. The van der Waals surface area contributed by atoms with Crippen LogP contribution in [0.25, 0.3) is 0 Å². The van der Waals surface area contributed by atoms with Crippen molar-refractivity contribution in [2.75, 3.05) is 0 Å². The summed E-state index contributed by atoms with van der Waals surface area (Å²) in [4.78, 5) is 0. The van der Waals surface area contributed by atoms with E-state index in [2.05, 4.69) is 65.7 Å². The molecule has 19 heavy (non-hydrogen) atoms. The maximum atomic E-state index is 4.11. The standard InChI is InChI=1S/C17H16N2/c1-17(16-12-13-18-19-16,14-8-4-2-5-9-14)15-10-6-3-7-11-15/h2-13H,1H3,(H,18,19). The zero-order chi connectivity index (χ0) is 13.1. The van der Waals surface area contributed by atoms with Crippen molar-refractivity contribution in [3.63, 3.8) is 0 Å². The summed E-state index contributed by atoms with van der Waals surface area (Å²) < 4.78 is 0. The first-order chi connectivity index (χ1) is 9.32. The molecular formula is C17H16N2. The first-order valence-corrected chi connectivity index (χ1v) is 6.43. The first kappa shape index (κ1) is 11.7. The van der Waals surface area contributed by atoms with Crippen LogP contribution in [0, 0.1) is 0 Å². The van der Waals surface area contributed by atoms with Crippen molar-refractivity contribution >= 4 is 0 Å². The van der Waals surface area contributed by atoms with Crippen LogP contribution in [0.3, 0.4) is 0 Å². The lowest BCUT2D eigenvalue weighted by atomic mass is 9.74. The van der Waals surface area contributed by atoms with Gasteiger partial charge in [-0.1, -0.05) is 60.7 Å². The number of H-pyrrole nitrogens is 1. The van der Waals surface area contributed by atoms with Crippen LogP contribution in [0.5, 0.6) is 0 Å². The zero-order valence-electron chi connectivity index (χ0n) is 10.9. The van der Waals surface area contributed by atoms with Gasteiger partial charge in [-0.2, -0.15) is 5.10 Å². The quantitative estimate of drug-likeness (QED) is 0.751. The van der Waals surface area contributed by atoms with Crippen molar-refractivity contribution in [2.45, 2.75) is 12.3 Å². The molecule has 0 radical (unpaired) electrons. The maximum absolute atomic E-state index is 4.11. The van der Waals surface area contributed by atoms with Gasteiger partial charge in [-0.15, -0.1) is 0 Å². The lowest BCUT2D eigenvalue weighted by Gasteiger charge is -2.29. The van der Waals surface area contributed by atoms with E-state index in [9.17, 15) is 0 Å². The Bertz CT molecular complexity index is 588. The number of nitrogens with zero attached hydrogens (tertiary/aromatic N) is 1. The highest BCUT2D eigenvalue weighted by Gasteiger charge is 2.32. The average Bonchev–Trinajstić information content (AvgIpc) is 3.03. The summed E-state index contributed by atoms with van der Waals surface area (Å²) in [5, 5.41) is 7.24. The minimum Gasteiger partial charge on any atom is -0.281 e. The Kier molecular flexibility index (Phi) is 2.92. The largest absolute Gasteiger partial charge is 0.281 e. The molecule has 1 aromatic heterocycles. The van der Waals surface area contributed by atoms with Gasteiger partial charge in [0.2, 0.25) is 0 Å². The third kappa shape index (κ3) is 1.95. The van der Waals surface area contributed by atoms with E-state index in [1.54, 1.807) is 6.20 Å². The van der Waals surface area contributed by atoms with Gasteiger partial charge < -0.3 is 0 Å². The molecule has 0 fully saturated rings. The number of aromatic amines is 1. The van der Waals surface area contributed by atoms with E-state index in [1.807, 2.05) is 18.2 Å². The van der Waals surface area contributed by atoms with Gasteiger partial charge in [0.25, 0.3) is 0 Å². The van der Waals surface area contributed by atoms with Crippen LogP contribution >= 0.6 is 0 Å². The van der Waals surface area contributed by atoms with Crippen molar-refractivity contribution in [2.24, 2.45) is 0 Å². The summed E-state index contributed by atoms with van der Waals surface area (Å²) in [5.41, 5.74) is 3.40. The Morgan fingerprint density at radius 3 is 1.74 bits per heavy atom. The Balaban J connectivity index is 2.23. The third-order valence-electron chi connectivity index (χ3n) is 3.74. The lowest BCUT2D eigenvalue weighted by molar-refractivity contribution is 0.661. The van der Waals surface area contributed by atoms with E-state index in [0.29, 0.717) is 0 Å². The van der Waals surface area contributed by atoms with Gasteiger partial charge >= 0.3 is 0 Å². The SMILES string of the molecule is CC(c1ccccc1)(c1ccccc1)c1ccn[nH]1. The fourth-order valence-corrected chi connectivity index (χ4v) is 2.55. The van der Waals surface area contributed by atoms with Crippen LogP contribution in [0.4, 0.5) is 0 Å². The minimum absolute atomic E-state index is 0.209. The highest BCUT2D eigenvalue weighted by atomic mass is 15.1. The normalized spacial score (nSPS) is 11.4. The summed E-state index contributed by atoms with van der Waals surface area (Å²) >= 11 is 0. The fourth-order valence-electron chi connectivity index (χ4n) is 2.55. The lowest BCUT2D eigenvalue weighted by Crippen LogP contribution is -2.25. The maximum Gasteiger partial charge on any atom is 0.0589 e. The van der Waals surface area contributed by atoms with Crippen molar-refractivity contribution in [1.82, 2.24) is 10.2 Å². The summed E-state index contributed by atoms with van der Waals surface area (Å²) in [5.74, 6) is 0. The van der Waals surface area contributed by atoms with Crippen molar-refractivity contribution in [1.29, 1.82) is 0 Å². The first-order valence-electron chi connectivity index (χ1n) is 6.43. The van der Waals surface area contributed by atoms with E-state index in [0.717, 1.165) is 5.69 Å². The average molecular weight is 248 g/mol. The second-order valence-corrected chi connectivity index (χ2v) is 4.83. The molecule has 0 aliphatic carbocycles. The van der Waals surface area contributed by atoms with Gasteiger partial charge in [0.1, 0.15) is 0 Å². The van der Waals surface area contributed by atoms with Crippen molar-refractivity contribution in [3.8, 4) is 0 Å². The zero-order valence-corrected chi connectivity index (χ0v) is 10.9. The Morgan fingerprint density at radius 2 is 1.32 bits per heavy atom. The van der Waals surface area contributed by atoms with Crippen LogP contribution in [-0.2, 0) is 5.41 Å². The number of hydrogen-bond acceptors (Lipinski definition) is 1. The molecule has 0 aliphatic rings. The van der Waals surface area contributed by atoms with Crippen LogP contribution < -0.4 is 0 Å². The van der Waals surface area contributed by atoms with Gasteiger partial charge in [0, 0.05) is 11.9 Å². The fraction of sp³-hybridized carbons (Fsp3) is 0.118. The number of aromatic nitrogens is 2. The predicted octanol–water partition coefficient (Wildman–Crippen LogP) is 3.76. The molecule has 0 saturated heterocycles. The summed E-state index contributed by atoms with van der Waals surface area (Å²) in [6, 6.07) is 23.1. The Morgan fingerprint density at radius 1 is 0.789 bits per heavy atom. The summed E-state index contributed by atoms with van der Waals surface area (Å²) in [7, 11) is 0. The molecule has 0 unspecified atom stereocenters. The molecule has 3 aromatic rings. The predicted molar refractivity (Wildman–Crippen MR) is 77.0 cm³/mol. The molecule has 0 amide bonds. The molecule has 1 heterocycles. The second-order valence-electron chi connectivity index (χ2n) is 4.83. The molecule has 2 nitrogen and oxygen atoms in total. The molecular weight excluding hydrogens is 232 g/mol. The molecule has 0 atom stereocenters. The number of nitrogens with one attached hydrogen (secondary N) is 1. The molecule has 94 valence electrons. The van der Waals surface area contributed by atoms with E-state index in [4.69, 9.17) is 0 Å². The van der Waals surface area contributed by atoms with Crippen LogP contribution in [0.1, 0.15) is 23.7 Å². The van der Waals surface area contributed by atoms with Gasteiger partial charge in [-0.05, 0) is 24.1 Å². The molecule has 0 saturated carbocycles. The molecule has 1 N–H and O–H groups in total. The molecule has 2 aromatic carbocycles. The minimum atomic E-state index is -0.209. The number of rotatable bonds is 3. The van der Waals surface area contributed by atoms with Crippen LogP contribution in [-0.4, -0.2) is 10.2 Å². The van der Waals surface area contributed by atoms with Gasteiger partial charge in [0.05, 0.1) is 5.41 Å².